The molecule has 1 fully saturated rings. The van der Waals surface area contributed by atoms with Gasteiger partial charge in [-0.1, -0.05) is 24.1 Å². The van der Waals surface area contributed by atoms with Crippen molar-refractivity contribution >= 4 is 5.78 Å². The maximum atomic E-state index is 12.4. The maximum Gasteiger partial charge on any atom is 0.231 e. The maximum absolute atomic E-state index is 12.4. The summed E-state index contributed by atoms with van der Waals surface area (Å²) in [5, 5.41) is 10.7. The van der Waals surface area contributed by atoms with Crippen molar-refractivity contribution in [3.05, 3.63) is 35.4 Å². The number of Topliss-reactive ketones (excluding diaryl/α,β-unsaturated/α-hetero) is 1. The van der Waals surface area contributed by atoms with Gasteiger partial charge in [-0.15, -0.1) is 0 Å². The van der Waals surface area contributed by atoms with E-state index in [9.17, 15) is 9.90 Å². The number of aliphatic hydroxyl groups is 1. The zero-order valence-electron chi connectivity index (χ0n) is 13.3. The summed E-state index contributed by atoms with van der Waals surface area (Å²) in [5.74, 6) is 1.53. The summed E-state index contributed by atoms with van der Waals surface area (Å²) >= 11 is 0. The van der Waals surface area contributed by atoms with Gasteiger partial charge in [0.25, 0.3) is 0 Å². The number of aliphatic hydroxyl groups excluding tert-OH is 1. The second-order valence-corrected chi connectivity index (χ2v) is 6.86. The molecule has 122 valence electrons. The largest absolute Gasteiger partial charge is 0.454 e. The summed E-state index contributed by atoms with van der Waals surface area (Å²) in [6.07, 6.45) is 5.76. The smallest absolute Gasteiger partial charge is 0.231 e. The molecule has 1 aliphatic heterocycles. The molecule has 1 saturated carbocycles. The summed E-state index contributed by atoms with van der Waals surface area (Å²) in [6.45, 7) is 1.89. The van der Waals surface area contributed by atoms with Crippen LogP contribution < -0.4 is 9.47 Å². The number of rotatable bonds is 2. The van der Waals surface area contributed by atoms with Crippen LogP contribution in [0.15, 0.2) is 29.8 Å². The van der Waals surface area contributed by atoms with Gasteiger partial charge in [-0.2, -0.15) is 0 Å². The molecule has 23 heavy (non-hydrogen) atoms. The van der Waals surface area contributed by atoms with E-state index in [0.717, 1.165) is 37.0 Å². The van der Waals surface area contributed by atoms with Crippen LogP contribution in [0.1, 0.15) is 44.1 Å². The summed E-state index contributed by atoms with van der Waals surface area (Å²) in [4.78, 5) is 12.4. The molecule has 4 heteroatoms. The van der Waals surface area contributed by atoms with E-state index < -0.39 is 6.10 Å². The van der Waals surface area contributed by atoms with Crippen molar-refractivity contribution < 1.29 is 19.4 Å². The van der Waals surface area contributed by atoms with Crippen LogP contribution in [-0.2, 0) is 4.79 Å². The standard InChI is InChI=1S/C19H22O4/c1-11(20)18-14-5-3-2-4-12(14)8-15(21)19(18)13-6-7-16-17(9-13)23-10-22-16/h6-9,14-15,18-19,21H,2-5,10H2,1H3. The molecule has 1 aromatic carbocycles. The minimum Gasteiger partial charge on any atom is -0.454 e. The van der Waals surface area contributed by atoms with Crippen molar-refractivity contribution in [2.24, 2.45) is 11.8 Å². The third-order valence-electron chi connectivity index (χ3n) is 5.53. The summed E-state index contributed by atoms with van der Waals surface area (Å²) < 4.78 is 10.8. The van der Waals surface area contributed by atoms with Gasteiger partial charge in [0.15, 0.2) is 11.5 Å². The summed E-state index contributed by atoms with van der Waals surface area (Å²) in [6, 6.07) is 5.76. The number of hydrogen-bond acceptors (Lipinski definition) is 4. The molecule has 3 aliphatic rings. The molecule has 0 saturated heterocycles. The van der Waals surface area contributed by atoms with Crippen molar-refractivity contribution in [1.29, 1.82) is 0 Å². The second-order valence-electron chi connectivity index (χ2n) is 6.86. The Bertz CT molecular complexity index is 663. The van der Waals surface area contributed by atoms with Gasteiger partial charge in [0.1, 0.15) is 5.78 Å². The van der Waals surface area contributed by atoms with Gasteiger partial charge < -0.3 is 14.6 Å². The van der Waals surface area contributed by atoms with E-state index in [1.165, 1.54) is 5.57 Å². The molecule has 1 aromatic rings. The number of allylic oxidation sites excluding steroid dienone is 1. The lowest BCUT2D eigenvalue weighted by Crippen LogP contribution is -2.40. The number of benzene rings is 1. The van der Waals surface area contributed by atoms with Crippen LogP contribution in [0.3, 0.4) is 0 Å². The van der Waals surface area contributed by atoms with Crippen LogP contribution in [0.5, 0.6) is 11.5 Å². The molecule has 0 bridgehead atoms. The average Bonchev–Trinajstić information content (AvgIpc) is 3.00. The lowest BCUT2D eigenvalue weighted by Gasteiger charge is -2.42. The first-order valence-corrected chi connectivity index (χ1v) is 8.44. The van der Waals surface area contributed by atoms with Crippen LogP contribution in [0, 0.1) is 11.8 Å². The molecular formula is C19H22O4. The average molecular weight is 314 g/mol. The monoisotopic (exact) mass is 314 g/mol. The van der Waals surface area contributed by atoms with E-state index in [-0.39, 0.29) is 30.3 Å². The Morgan fingerprint density at radius 1 is 1.22 bits per heavy atom. The molecule has 4 unspecified atom stereocenters. The third-order valence-corrected chi connectivity index (χ3v) is 5.53. The van der Waals surface area contributed by atoms with E-state index in [2.05, 4.69) is 0 Å². The summed E-state index contributed by atoms with van der Waals surface area (Å²) in [7, 11) is 0. The number of ether oxygens (including phenoxy) is 2. The Hall–Kier alpha value is -1.81. The Balaban J connectivity index is 1.76. The normalized spacial score (nSPS) is 32.2. The predicted octanol–water partition coefficient (Wildman–Crippen LogP) is 3.20. The quantitative estimate of drug-likeness (QED) is 0.852. The SMILES string of the molecule is CC(=O)C1C2CCCCC2=CC(O)C1c1ccc2c(c1)OCO2. The Labute approximate surface area is 136 Å². The molecule has 2 aliphatic carbocycles. The highest BCUT2D eigenvalue weighted by Crippen LogP contribution is 2.48. The van der Waals surface area contributed by atoms with Crippen LogP contribution in [0.25, 0.3) is 0 Å². The van der Waals surface area contributed by atoms with Gasteiger partial charge in [-0.05, 0) is 49.8 Å². The Kier molecular flexibility index (Phi) is 3.64. The van der Waals surface area contributed by atoms with Gasteiger partial charge in [-0.25, -0.2) is 0 Å². The number of ketones is 1. The lowest BCUT2D eigenvalue weighted by molar-refractivity contribution is -0.124. The minimum atomic E-state index is -0.617. The number of carbonyl (C=O) groups excluding carboxylic acids is 1. The first-order chi connectivity index (χ1) is 11.1. The zero-order valence-corrected chi connectivity index (χ0v) is 13.3. The van der Waals surface area contributed by atoms with Gasteiger partial charge in [-0.3, -0.25) is 4.79 Å². The van der Waals surface area contributed by atoms with Crippen LogP contribution in [-0.4, -0.2) is 23.8 Å². The molecule has 0 aromatic heterocycles. The summed E-state index contributed by atoms with van der Waals surface area (Å²) in [5.41, 5.74) is 2.24. The van der Waals surface area contributed by atoms with Crippen molar-refractivity contribution in [3.63, 3.8) is 0 Å². The van der Waals surface area contributed by atoms with Crippen LogP contribution in [0.4, 0.5) is 0 Å². The van der Waals surface area contributed by atoms with Gasteiger partial charge in [0.2, 0.25) is 6.79 Å². The number of hydrogen-bond donors (Lipinski definition) is 1. The molecule has 1 N–H and O–H groups in total. The molecule has 0 spiro atoms. The van der Waals surface area contributed by atoms with Crippen LogP contribution >= 0.6 is 0 Å². The van der Waals surface area contributed by atoms with Crippen molar-refractivity contribution in [1.82, 2.24) is 0 Å². The third kappa shape index (κ3) is 2.45. The van der Waals surface area contributed by atoms with Gasteiger partial charge in [0.05, 0.1) is 6.10 Å². The van der Waals surface area contributed by atoms with Crippen molar-refractivity contribution in [2.45, 2.75) is 44.6 Å². The van der Waals surface area contributed by atoms with Crippen LogP contribution in [0.2, 0.25) is 0 Å². The highest BCUT2D eigenvalue weighted by molar-refractivity contribution is 5.81. The number of fused-ring (bicyclic) bond motifs is 2. The Morgan fingerprint density at radius 3 is 2.87 bits per heavy atom. The minimum absolute atomic E-state index is 0.148. The number of carbonyl (C=O) groups is 1. The Morgan fingerprint density at radius 2 is 2.04 bits per heavy atom. The van der Waals surface area contributed by atoms with Gasteiger partial charge >= 0.3 is 0 Å². The van der Waals surface area contributed by atoms with E-state index in [4.69, 9.17) is 9.47 Å². The predicted molar refractivity (Wildman–Crippen MR) is 85.5 cm³/mol. The molecular weight excluding hydrogens is 292 g/mol. The molecule has 1 heterocycles. The van der Waals surface area contributed by atoms with E-state index in [1.807, 2.05) is 24.3 Å². The molecule has 4 atom stereocenters. The van der Waals surface area contributed by atoms with Crippen molar-refractivity contribution in [2.75, 3.05) is 6.79 Å². The van der Waals surface area contributed by atoms with E-state index >= 15 is 0 Å². The fourth-order valence-electron chi connectivity index (χ4n) is 4.53. The highest BCUT2D eigenvalue weighted by Gasteiger charge is 2.43. The fourth-order valence-corrected chi connectivity index (χ4v) is 4.53. The second kappa shape index (κ2) is 5.68. The first-order valence-electron chi connectivity index (χ1n) is 8.44. The lowest BCUT2D eigenvalue weighted by atomic mass is 9.63. The van der Waals surface area contributed by atoms with E-state index in [0.29, 0.717) is 5.75 Å². The first kappa shape index (κ1) is 14.8. The molecule has 0 amide bonds. The van der Waals surface area contributed by atoms with E-state index in [1.54, 1.807) is 6.92 Å². The molecule has 4 rings (SSSR count). The molecule has 0 radical (unpaired) electrons. The zero-order chi connectivity index (χ0) is 16.0. The molecule has 4 nitrogen and oxygen atoms in total. The topological polar surface area (TPSA) is 55.8 Å². The van der Waals surface area contributed by atoms with Crippen molar-refractivity contribution in [3.8, 4) is 11.5 Å². The van der Waals surface area contributed by atoms with Gasteiger partial charge in [0, 0.05) is 11.8 Å². The fraction of sp³-hybridized carbons (Fsp3) is 0.526. The highest BCUT2D eigenvalue weighted by atomic mass is 16.7.